The first kappa shape index (κ1) is 40.4. The first-order chi connectivity index (χ1) is 20.7. The minimum Gasteiger partial charge on any atom is -0.480 e. The highest BCUT2D eigenvalue weighted by Gasteiger charge is 2.20. The number of aliphatic carboxylic acids is 4. The van der Waals surface area contributed by atoms with Gasteiger partial charge in [0.05, 0.1) is 32.7 Å². The molecule has 0 aliphatic heterocycles. The van der Waals surface area contributed by atoms with Crippen LogP contribution in [-0.2, 0) is 33.6 Å². The molecule has 0 aromatic heterocycles. The van der Waals surface area contributed by atoms with Gasteiger partial charge in [-0.05, 0) is 32.6 Å². The molecule has 0 fully saturated rings. The molecule has 16 nitrogen and oxygen atoms in total. The Kier molecular flexibility index (Phi) is 21.8. The Labute approximate surface area is 257 Å². The maximum Gasteiger partial charge on any atom is 0.317 e. The summed E-state index contributed by atoms with van der Waals surface area (Å²) in [6.45, 7) is 2.17. The second kappa shape index (κ2) is 23.8. The van der Waals surface area contributed by atoms with Crippen molar-refractivity contribution in [1.29, 1.82) is 0 Å². The average Bonchev–Trinajstić information content (AvgIpc) is 2.90. The molecular formula is C28H49N5O11. The van der Waals surface area contributed by atoms with E-state index in [1.165, 1.54) is 16.7 Å². The van der Waals surface area contributed by atoms with Crippen molar-refractivity contribution in [3.05, 3.63) is 0 Å². The van der Waals surface area contributed by atoms with Crippen molar-refractivity contribution < 1.29 is 54.0 Å². The van der Waals surface area contributed by atoms with Crippen LogP contribution in [0.5, 0.6) is 0 Å². The van der Waals surface area contributed by atoms with E-state index < -0.39 is 56.0 Å². The van der Waals surface area contributed by atoms with Gasteiger partial charge in [0.25, 0.3) is 0 Å². The first-order valence-electron chi connectivity index (χ1n) is 14.8. The third-order valence-electron chi connectivity index (χ3n) is 6.70. The number of Topliss-reactive ketones (excluding diaryl/α,β-unsaturated/α-hetero) is 1. The maximum absolute atomic E-state index is 12.4. The molecule has 0 aromatic carbocycles. The minimum absolute atomic E-state index is 0.0166. The van der Waals surface area contributed by atoms with Crippen molar-refractivity contribution >= 4 is 41.5 Å². The Bertz CT molecular complexity index is 931. The number of ketones is 1. The molecule has 0 saturated carbocycles. The van der Waals surface area contributed by atoms with E-state index in [9.17, 15) is 43.8 Å². The van der Waals surface area contributed by atoms with Crippen molar-refractivity contribution in [1.82, 2.24) is 25.3 Å². The lowest BCUT2D eigenvalue weighted by molar-refractivity contribution is -0.143. The van der Waals surface area contributed by atoms with Gasteiger partial charge in [0, 0.05) is 51.6 Å². The zero-order valence-corrected chi connectivity index (χ0v) is 25.8. The van der Waals surface area contributed by atoms with Crippen LogP contribution in [0.4, 0.5) is 0 Å². The fraction of sp³-hybridized carbons (Fsp3) is 0.750. The predicted molar refractivity (Wildman–Crippen MR) is 158 cm³/mol. The molecular weight excluding hydrogens is 582 g/mol. The molecule has 252 valence electrons. The van der Waals surface area contributed by atoms with Gasteiger partial charge in [-0.25, -0.2) is 0 Å². The van der Waals surface area contributed by atoms with E-state index >= 15 is 0 Å². The second-order valence-electron chi connectivity index (χ2n) is 10.7. The fourth-order valence-corrected chi connectivity index (χ4v) is 4.37. The van der Waals surface area contributed by atoms with Crippen LogP contribution >= 0.6 is 0 Å². The van der Waals surface area contributed by atoms with Gasteiger partial charge >= 0.3 is 23.9 Å². The highest BCUT2D eigenvalue weighted by molar-refractivity contribution is 5.80. The summed E-state index contributed by atoms with van der Waals surface area (Å²) >= 11 is 0. The summed E-state index contributed by atoms with van der Waals surface area (Å²) in [5.74, 6) is -5.36. The molecule has 44 heavy (non-hydrogen) atoms. The first-order valence-corrected chi connectivity index (χ1v) is 14.8. The van der Waals surface area contributed by atoms with E-state index in [0.29, 0.717) is 38.8 Å². The summed E-state index contributed by atoms with van der Waals surface area (Å²) in [6, 6.07) is 0. The molecule has 6 N–H and O–H groups in total. The van der Waals surface area contributed by atoms with E-state index in [4.69, 9.17) is 10.2 Å². The van der Waals surface area contributed by atoms with Gasteiger partial charge in [0.15, 0.2) is 0 Å². The van der Waals surface area contributed by atoms with E-state index in [-0.39, 0.29) is 50.3 Å². The largest absolute Gasteiger partial charge is 0.480 e. The summed E-state index contributed by atoms with van der Waals surface area (Å²) in [7, 11) is 0. The Morgan fingerprint density at radius 3 is 1.43 bits per heavy atom. The summed E-state index contributed by atoms with van der Waals surface area (Å²) in [6.07, 6.45) is 4.70. The van der Waals surface area contributed by atoms with Crippen LogP contribution in [0.25, 0.3) is 0 Å². The van der Waals surface area contributed by atoms with Crippen molar-refractivity contribution in [2.24, 2.45) is 5.92 Å². The normalized spacial score (nSPS) is 11.8. The Hall–Kier alpha value is -3.63. The molecule has 0 radical (unpaired) electrons. The monoisotopic (exact) mass is 631 g/mol. The third kappa shape index (κ3) is 22.9. The summed E-state index contributed by atoms with van der Waals surface area (Å²) in [5.41, 5.74) is 0. The molecule has 0 saturated heterocycles. The number of nitrogens with zero attached hydrogens (tertiary/aromatic N) is 3. The van der Waals surface area contributed by atoms with E-state index in [0.717, 1.165) is 24.2 Å². The van der Waals surface area contributed by atoms with Crippen LogP contribution in [0.3, 0.4) is 0 Å². The smallest absolute Gasteiger partial charge is 0.317 e. The standard InChI is InChI=1S/C28H49N5O11/c1-3-22(9-8-21(2)34)28(44)30-11-7-5-4-6-10-29-23(35)16-32(18-25(38)39)14-12-31(17-24(36)37)13-15-33(19-26(40)41)20-27(42)43/h22H,3-20H2,1-2H3,(H,29,35)(H,30,44)(H,36,37)(H,38,39)(H,40,41)(H,42,43). The van der Waals surface area contributed by atoms with Gasteiger partial charge in [0.2, 0.25) is 11.8 Å². The highest BCUT2D eigenvalue weighted by Crippen LogP contribution is 2.11. The van der Waals surface area contributed by atoms with Gasteiger partial charge in [-0.2, -0.15) is 0 Å². The topological polar surface area (TPSA) is 234 Å². The van der Waals surface area contributed by atoms with E-state index in [2.05, 4.69) is 10.6 Å². The quantitative estimate of drug-likeness (QED) is 0.0593. The molecule has 0 rings (SSSR count). The van der Waals surface area contributed by atoms with Crippen LogP contribution in [-0.4, -0.2) is 149 Å². The van der Waals surface area contributed by atoms with Gasteiger partial charge in [-0.3, -0.25) is 43.5 Å². The molecule has 0 bridgehead atoms. The van der Waals surface area contributed by atoms with Gasteiger partial charge in [-0.15, -0.1) is 0 Å². The fourth-order valence-electron chi connectivity index (χ4n) is 4.37. The number of hydrogen-bond acceptors (Lipinski definition) is 10. The maximum atomic E-state index is 12.4. The predicted octanol–water partition coefficient (Wildman–Crippen LogP) is -0.581. The lowest BCUT2D eigenvalue weighted by atomic mass is 9.98. The summed E-state index contributed by atoms with van der Waals surface area (Å²) in [5, 5.41) is 42.1. The second-order valence-corrected chi connectivity index (χ2v) is 10.7. The zero-order chi connectivity index (χ0) is 33.5. The molecule has 0 aliphatic carbocycles. The van der Waals surface area contributed by atoms with Crippen LogP contribution < -0.4 is 10.6 Å². The molecule has 0 aliphatic rings. The SMILES string of the molecule is CCC(CCC(C)=O)C(=O)NCCCCCCNC(=O)CN(CCN(CCN(CC(=O)O)CC(=O)O)CC(=O)O)CC(=O)O. The zero-order valence-electron chi connectivity index (χ0n) is 25.8. The molecule has 1 atom stereocenters. The lowest BCUT2D eigenvalue weighted by Gasteiger charge is -2.27. The van der Waals surface area contributed by atoms with Gasteiger partial charge < -0.3 is 35.9 Å². The number of carbonyl (C=O) groups excluding carboxylic acids is 3. The number of nitrogens with one attached hydrogen (secondary N) is 2. The third-order valence-corrected chi connectivity index (χ3v) is 6.70. The van der Waals surface area contributed by atoms with Crippen molar-refractivity contribution in [2.45, 2.75) is 58.8 Å². The van der Waals surface area contributed by atoms with E-state index in [1.54, 1.807) is 0 Å². The van der Waals surface area contributed by atoms with Crippen LogP contribution in [0.15, 0.2) is 0 Å². The minimum atomic E-state index is -1.23. The Morgan fingerprint density at radius 1 is 0.591 bits per heavy atom. The number of hydrogen-bond donors (Lipinski definition) is 6. The van der Waals surface area contributed by atoms with Crippen molar-refractivity contribution in [3.8, 4) is 0 Å². The highest BCUT2D eigenvalue weighted by atomic mass is 16.4. The molecule has 0 heterocycles. The van der Waals surface area contributed by atoms with Gasteiger partial charge in [-0.1, -0.05) is 19.8 Å². The Balaban J connectivity index is 4.57. The number of amides is 2. The molecule has 0 spiro atoms. The number of rotatable bonds is 28. The van der Waals surface area contributed by atoms with Gasteiger partial charge in [0.1, 0.15) is 5.78 Å². The number of carboxylic acids is 4. The molecule has 16 heteroatoms. The number of carboxylic acid groups (broad SMARTS) is 4. The molecule has 2 amide bonds. The summed E-state index contributed by atoms with van der Waals surface area (Å²) < 4.78 is 0. The number of unbranched alkanes of at least 4 members (excludes halogenated alkanes) is 3. The Morgan fingerprint density at radius 2 is 1.00 bits per heavy atom. The lowest BCUT2D eigenvalue weighted by Crippen LogP contribution is -2.46. The van der Waals surface area contributed by atoms with Crippen LogP contribution in [0, 0.1) is 5.92 Å². The molecule has 0 aromatic rings. The van der Waals surface area contributed by atoms with Crippen molar-refractivity contribution in [3.63, 3.8) is 0 Å². The van der Waals surface area contributed by atoms with Crippen LogP contribution in [0.1, 0.15) is 58.8 Å². The molecule has 1 unspecified atom stereocenters. The average molecular weight is 632 g/mol. The van der Waals surface area contributed by atoms with Crippen LogP contribution in [0.2, 0.25) is 0 Å². The number of carbonyl (C=O) groups is 7. The van der Waals surface area contributed by atoms with E-state index in [1.807, 2.05) is 6.92 Å². The van der Waals surface area contributed by atoms with Crippen molar-refractivity contribution in [2.75, 3.05) is 72.0 Å². The summed E-state index contributed by atoms with van der Waals surface area (Å²) in [4.78, 5) is 84.4.